The van der Waals surface area contributed by atoms with Crippen molar-refractivity contribution in [1.82, 2.24) is 9.97 Å². The van der Waals surface area contributed by atoms with Gasteiger partial charge in [0.05, 0.1) is 0 Å². The van der Waals surface area contributed by atoms with Gasteiger partial charge < -0.3 is 5.73 Å². The highest BCUT2D eigenvalue weighted by molar-refractivity contribution is 7.80. The number of hydrogen-bond donors (Lipinski definition) is 2. The average molecular weight is 169 g/mol. The molecule has 1 unspecified atom stereocenters. The third-order valence-corrected chi connectivity index (χ3v) is 1.42. The van der Waals surface area contributed by atoms with Crippen molar-refractivity contribution in [3.05, 3.63) is 18.0 Å². The summed E-state index contributed by atoms with van der Waals surface area (Å²) in [5.74, 6) is 0.330. The van der Waals surface area contributed by atoms with Crippen LogP contribution in [-0.4, -0.2) is 15.2 Å². The molecule has 2 N–H and O–H groups in total. The first-order valence-corrected chi connectivity index (χ1v) is 3.95. The van der Waals surface area contributed by atoms with Crippen molar-refractivity contribution in [2.24, 2.45) is 0 Å². The van der Waals surface area contributed by atoms with Crippen LogP contribution in [0.3, 0.4) is 0 Å². The lowest BCUT2D eigenvalue weighted by atomic mass is 10.2. The van der Waals surface area contributed by atoms with E-state index < -0.39 is 0 Å². The van der Waals surface area contributed by atoms with Gasteiger partial charge in [-0.25, -0.2) is 9.97 Å². The Morgan fingerprint density at radius 1 is 1.73 bits per heavy atom. The van der Waals surface area contributed by atoms with Crippen LogP contribution >= 0.6 is 12.6 Å². The minimum Gasteiger partial charge on any atom is -0.368 e. The molecule has 0 spiro atoms. The third kappa shape index (κ3) is 2.76. The van der Waals surface area contributed by atoms with Crippen molar-refractivity contribution >= 4 is 18.6 Å². The molecule has 4 heteroatoms. The van der Waals surface area contributed by atoms with Crippen LogP contribution in [-0.2, 0) is 6.42 Å². The summed E-state index contributed by atoms with van der Waals surface area (Å²) in [6.07, 6.45) is 2.49. The molecule has 1 heterocycles. The Labute approximate surface area is 71.5 Å². The van der Waals surface area contributed by atoms with E-state index in [1.807, 2.05) is 13.0 Å². The topological polar surface area (TPSA) is 51.8 Å². The maximum Gasteiger partial charge on any atom is 0.220 e. The van der Waals surface area contributed by atoms with Crippen molar-refractivity contribution in [2.45, 2.75) is 18.6 Å². The molecule has 3 nitrogen and oxygen atoms in total. The van der Waals surface area contributed by atoms with Crippen LogP contribution in [0.15, 0.2) is 12.3 Å². The maximum absolute atomic E-state index is 5.39. The summed E-state index contributed by atoms with van der Waals surface area (Å²) in [6, 6.07) is 1.85. The standard InChI is InChI=1S/C7H11N3S/c1-5(11)4-6-2-3-9-7(8)10-6/h2-3,5,11H,4H2,1H3,(H2,8,9,10). The summed E-state index contributed by atoms with van der Waals surface area (Å²) in [5, 5.41) is 0.310. The van der Waals surface area contributed by atoms with Gasteiger partial charge in [0.25, 0.3) is 0 Å². The minimum absolute atomic E-state index is 0.310. The second-order valence-electron chi connectivity index (χ2n) is 2.46. The number of hydrogen-bond acceptors (Lipinski definition) is 4. The Hall–Kier alpha value is -0.770. The molecule has 0 aliphatic carbocycles. The zero-order valence-electron chi connectivity index (χ0n) is 6.36. The van der Waals surface area contributed by atoms with Gasteiger partial charge in [0.1, 0.15) is 0 Å². The van der Waals surface area contributed by atoms with Gasteiger partial charge in [-0.1, -0.05) is 6.92 Å². The fourth-order valence-corrected chi connectivity index (χ4v) is 1.02. The van der Waals surface area contributed by atoms with Gasteiger partial charge in [-0.05, 0) is 6.07 Å². The van der Waals surface area contributed by atoms with Crippen LogP contribution in [0.2, 0.25) is 0 Å². The Bertz CT molecular complexity index is 237. The van der Waals surface area contributed by atoms with E-state index in [2.05, 4.69) is 22.6 Å². The van der Waals surface area contributed by atoms with Crippen molar-refractivity contribution in [3.63, 3.8) is 0 Å². The monoisotopic (exact) mass is 169 g/mol. The largest absolute Gasteiger partial charge is 0.368 e. The molecule has 0 radical (unpaired) electrons. The van der Waals surface area contributed by atoms with Gasteiger partial charge in [0.15, 0.2) is 0 Å². The highest BCUT2D eigenvalue weighted by atomic mass is 32.1. The van der Waals surface area contributed by atoms with Crippen molar-refractivity contribution < 1.29 is 0 Å². The molecule has 0 aromatic carbocycles. The summed E-state index contributed by atoms with van der Waals surface area (Å²) in [4.78, 5) is 7.82. The van der Waals surface area contributed by atoms with Gasteiger partial charge in [0, 0.05) is 23.6 Å². The molecule has 60 valence electrons. The number of aromatic nitrogens is 2. The summed E-state index contributed by atoms with van der Waals surface area (Å²) < 4.78 is 0. The fraction of sp³-hybridized carbons (Fsp3) is 0.429. The summed E-state index contributed by atoms with van der Waals surface area (Å²) in [5.41, 5.74) is 6.33. The van der Waals surface area contributed by atoms with E-state index >= 15 is 0 Å². The SMILES string of the molecule is CC(S)Cc1ccnc(N)n1. The van der Waals surface area contributed by atoms with Crippen molar-refractivity contribution in [1.29, 1.82) is 0 Å². The average Bonchev–Trinajstić information content (AvgIpc) is 1.85. The molecule has 0 fully saturated rings. The van der Waals surface area contributed by atoms with E-state index in [1.165, 1.54) is 0 Å². The molecule has 0 amide bonds. The van der Waals surface area contributed by atoms with Gasteiger partial charge in [-0.2, -0.15) is 12.6 Å². The zero-order valence-corrected chi connectivity index (χ0v) is 7.25. The lowest BCUT2D eigenvalue weighted by Crippen LogP contribution is -2.03. The van der Waals surface area contributed by atoms with E-state index in [-0.39, 0.29) is 0 Å². The van der Waals surface area contributed by atoms with E-state index in [1.54, 1.807) is 6.20 Å². The molecule has 1 aromatic rings. The molecule has 0 aliphatic rings. The number of rotatable bonds is 2. The highest BCUT2D eigenvalue weighted by Crippen LogP contribution is 2.04. The molecule has 1 aromatic heterocycles. The van der Waals surface area contributed by atoms with Gasteiger partial charge >= 0.3 is 0 Å². The normalized spacial score (nSPS) is 12.9. The molecule has 0 bridgehead atoms. The Kier molecular flexibility index (Phi) is 2.70. The van der Waals surface area contributed by atoms with Crippen LogP contribution in [0.5, 0.6) is 0 Å². The Morgan fingerprint density at radius 2 is 2.45 bits per heavy atom. The molecular weight excluding hydrogens is 158 g/mol. The number of nitrogens with zero attached hydrogens (tertiary/aromatic N) is 2. The smallest absolute Gasteiger partial charge is 0.220 e. The number of nitrogen functional groups attached to an aromatic ring is 1. The van der Waals surface area contributed by atoms with Crippen LogP contribution in [0.25, 0.3) is 0 Å². The maximum atomic E-state index is 5.39. The van der Waals surface area contributed by atoms with Crippen LogP contribution in [0.4, 0.5) is 5.95 Å². The first kappa shape index (κ1) is 8.33. The summed E-state index contributed by atoms with van der Waals surface area (Å²) in [6.45, 7) is 2.02. The molecule has 1 atom stereocenters. The van der Waals surface area contributed by atoms with Crippen LogP contribution in [0.1, 0.15) is 12.6 Å². The van der Waals surface area contributed by atoms with E-state index in [4.69, 9.17) is 5.73 Å². The summed E-state index contributed by atoms with van der Waals surface area (Å²) >= 11 is 4.24. The lowest BCUT2D eigenvalue weighted by molar-refractivity contribution is 0.899. The van der Waals surface area contributed by atoms with Crippen LogP contribution in [0, 0.1) is 0 Å². The van der Waals surface area contributed by atoms with E-state index in [0.29, 0.717) is 11.2 Å². The fourth-order valence-electron chi connectivity index (χ4n) is 0.829. The van der Waals surface area contributed by atoms with Crippen LogP contribution < -0.4 is 5.73 Å². The number of nitrogens with two attached hydrogens (primary N) is 1. The molecular formula is C7H11N3S. The van der Waals surface area contributed by atoms with Crippen molar-refractivity contribution in [2.75, 3.05) is 5.73 Å². The zero-order chi connectivity index (χ0) is 8.27. The molecule has 1 rings (SSSR count). The predicted molar refractivity (Wildman–Crippen MR) is 48.6 cm³/mol. The Morgan fingerprint density at radius 3 is 3.00 bits per heavy atom. The second kappa shape index (κ2) is 3.57. The molecule has 11 heavy (non-hydrogen) atoms. The van der Waals surface area contributed by atoms with Gasteiger partial charge in [0.2, 0.25) is 5.95 Å². The first-order chi connectivity index (χ1) is 5.18. The first-order valence-electron chi connectivity index (χ1n) is 3.44. The van der Waals surface area contributed by atoms with Gasteiger partial charge in [-0.15, -0.1) is 0 Å². The van der Waals surface area contributed by atoms with E-state index in [9.17, 15) is 0 Å². The molecule has 0 saturated carbocycles. The predicted octanol–water partition coefficient (Wildman–Crippen LogP) is 0.920. The molecule has 0 saturated heterocycles. The third-order valence-electron chi connectivity index (χ3n) is 1.24. The second-order valence-corrected chi connectivity index (χ2v) is 3.34. The summed E-state index contributed by atoms with van der Waals surface area (Å²) in [7, 11) is 0. The van der Waals surface area contributed by atoms with Crippen molar-refractivity contribution in [3.8, 4) is 0 Å². The number of thiol groups is 1. The minimum atomic E-state index is 0.310. The Balaban J connectivity index is 2.71. The number of anilines is 1. The van der Waals surface area contributed by atoms with E-state index in [0.717, 1.165) is 12.1 Å². The van der Waals surface area contributed by atoms with Gasteiger partial charge in [-0.3, -0.25) is 0 Å². The lowest BCUT2D eigenvalue weighted by Gasteiger charge is -2.02. The quantitative estimate of drug-likeness (QED) is 0.647. The molecule has 0 aliphatic heterocycles. The highest BCUT2D eigenvalue weighted by Gasteiger charge is 1.99.